The van der Waals surface area contributed by atoms with Crippen LogP contribution in [0.25, 0.3) is 0 Å². The molecule has 0 fully saturated rings. The predicted molar refractivity (Wildman–Crippen MR) is 37.6 cm³/mol. The maximum atomic E-state index is 8.14. The van der Waals surface area contributed by atoms with Crippen LogP contribution < -0.4 is 0 Å². The number of rotatable bonds is 5. The molecule has 0 bridgehead atoms. The summed E-state index contributed by atoms with van der Waals surface area (Å²) in [6.45, 7) is 5.15. The number of hydrogen-bond donors (Lipinski definition) is 0. The molecule has 0 aromatic carbocycles. The van der Waals surface area contributed by atoms with Gasteiger partial charge in [-0.3, -0.25) is 0 Å². The van der Waals surface area contributed by atoms with Crippen molar-refractivity contribution in [3.05, 3.63) is 12.7 Å². The van der Waals surface area contributed by atoms with Gasteiger partial charge >= 0.3 is 0 Å². The minimum absolute atomic E-state index is 0.685. The molecule has 0 saturated heterocycles. The lowest BCUT2D eigenvalue weighted by Gasteiger charge is -1.90. The maximum absolute atomic E-state index is 8.14. The average Bonchev–Trinajstić information content (AvgIpc) is 1.89. The lowest BCUT2D eigenvalue weighted by Crippen LogP contribution is -1.73. The van der Waals surface area contributed by atoms with Crippen LogP contribution in [0.2, 0.25) is 0 Å². The Balaban J connectivity index is 2.76. The molecule has 0 amide bonds. The molecule has 1 heteroatoms. The van der Waals surface area contributed by atoms with Crippen molar-refractivity contribution in [1.29, 1.82) is 5.26 Å². The van der Waals surface area contributed by atoms with Crippen LogP contribution in [0.15, 0.2) is 6.08 Å². The van der Waals surface area contributed by atoms with E-state index in [9.17, 15) is 0 Å². The second-order valence-corrected chi connectivity index (χ2v) is 1.99. The van der Waals surface area contributed by atoms with E-state index in [1.165, 1.54) is 0 Å². The lowest BCUT2D eigenvalue weighted by molar-refractivity contribution is 0.700. The standard InChI is InChI=1S/C8H12N/c1-2-3-4-5-6-7-8-9/h1-2H,3-7H2. The number of unbranched alkanes of at least 4 members (excludes halogenated alkanes) is 4. The highest BCUT2D eigenvalue weighted by atomic mass is 14.2. The lowest BCUT2D eigenvalue weighted by atomic mass is 10.1. The summed E-state index contributed by atoms with van der Waals surface area (Å²) in [6, 6.07) is 2.10. The van der Waals surface area contributed by atoms with Gasteiger partial charge in [-0.15, -0.1) is 0 Å². The quantitative estimate of drug-likeness (QED) is 0.514. The van der Waals surface area contributed by atoms with Gasteiger partial charge in [-0.2, -0.15) is 5.26 Å². The molecule has 0 N–H and O–H groups in total. The van der Waals surface area contributed by atoms with Crippen LogP contribution in [0.5, 0.6) is 0 Å². The third-order valence-electron chi connectivity index (χ3n) is 1.16. The highest BCUT2D eigenvalue weighted by molar-refractivity contribution is 4.69. The van der Waals surface area contributed by atoms with Crippen molar-refractivity contribution in [3.63, 3.8) is 0 Å². The zero-order valence-electron chi connectivity index (χ0n) is 5.64. The minimum Gasteiger partial charge on any atom is -0.198 e. The zero-order chi connectivity index (χ0) is 6.95. The van der Waals surface area contributed by atoms with E-state index >= 15 is 0 Å². The number of nitriles is 1. The normalized spacial score (nSPS) is 8.33. The molecule has 0 aromatic heterocycles. The van der Waals surface area contributed by atoms with Crippen LogP contribution in [-0.4, -0.2) is 0 Å². The Morgan fingerprint density at radius 1 is 1.33 bits per heavy atom. The summed E-state index contributed by atoms with van der Waals surface area (Å²) in [6.07, 6.45) is 6.60. The van der Waals surface area contributed by atoms with Crippen LogP contribution in [0.1, 0.15) is 32.1 Å². The molecule has 0 spiro atoms. The summed E-state index contributed by atoms with van der Waals surface area (Å²) in [5.74, 6) is 0. The van der Waals surface area contributed by atoms with Crippen molar-refractivity contribution in [2.24, 2.45) is 0 Å². The van der Waals surface area contributed by atoms with Crippen molar-refractivity contribution in [2.45, 2.75) is 32.1 Å². The van der Waals surface area contributed by atoms with Crippen molar-refractivity contribution in [3.8, 4) is 6.07 Å². The monoisotopic (exact) mass is 122 g/mol. The van der Waals surface area contributed by atoms with Gasteiger partial charge in [0.1, 0.15) is 0 Å². The van der Waals surface area contributed by atoms with Gasteiger partial charge in [0.15, 0.2) is 0 Å². The Morgan fingerprint density at radius 3 is 2.67 bits per heavy atom. The molecule has 0 unspecified atom stereocenters. The van der Waals surface area contributed by atoms with E-state index in [1.54, 1.807) is 6.08 Å². The van der Waals surface area contributed by atoms with Gasteiger partial charge in [-0.25, -0.2) is 0 Å². The van der Waals surface area contributed by atoms with E-state index in [0.717, 1.165) is 25.7 Å². The fourth-order valence-corrected chi connectivity index (χ4v) is 0.643. The fourth-order valence-electron chi connectivity index (χ4n) is 0.643. The Labute approximate surface area is 57.0 Å². The summed E-state index contributed by atoms with van der Waals surface area (Å²) in [7, 11) is 0. The van der Waals surface area contributed by atoms with E-state index in [-0.39, 0.29) is 0 Å². The first kappa shape index (κ1) is 8.23. The van der Waals surface area contributed by atoms with Gasteiger partial charge in [0.25, 0.3) is 0 Å². The van der Waals surface area contributed by atoms with Crippen molar-refractivity contribution < 1.29 is 0 Å². The van der Waals surface area contributed by atoms with Crippen molar-refractivity contribution in [2.75, 3.05) is 0 Å². The molecule has 0 heterocycles. The van der Waals surface area contributed by atoms with Gasteiger partial charge in [0.05, 0.1) is 6.07 Å². The predicted octanol–water partition coefficient (Wildman–Crippen LogP) is 2.45. The highest BCUT2D eigenvalue weighted by Crippen LogP contribution is 2.01. The largest absolute Gasteiger partial charge is 0.198 e. The third kappa shape index (κ3) is 7.23. The molecule has 0 aliphatic carbocycles. The van der Waals surface area contributed by atoms with E-state index in [4.69, 9.17) is 11.8 Å². The molecule has 1 radical (unpaired) electrons. The summed E-state index contributed by atoms with van der Waals surface area (Å²) in [5, 5.41) is 8.14. The van der Waals surface area contributed by atoms with Crippen molar-refractivity contribution in [1.82, 2.24) is 0 Å². The molecular formula is C8H12N. The van der Waals surface area contributed by atoms with Gasteiger partial charge in [0.2, 0.25) is 0 Å². The SMILES string of the molecule is [CH]=CCCCCCC#N. The Kier molecular flexibility index (Phi) is 6.61. The number of hydrogen-bond acceptors (Lipinski definition) is 1. The van der Waals surface area contributed by atoms with E-state index in [1.807, 2.05) is 0 Å². The topological polar surface area (TPSA) is 23.8 Å². The highest BCUT2D eigenvalue weighted by Gasteiger charge is 1.84. The number of nitrogens with zero attached hydrogens (tertiary/aromatic N) is 1. The molecule has 0 rings (SSSR count). The first-order chi connectivity index (χ1) is 4.41. The summed E-state index contributed by atoms with van der Waals surface area (Å²) in [4.78, 5) is 0. The van der Waals surface area contributed by atoms with Crippen molar-refractivity contribution >= 4 is 0 Å². The molecule has 0 aromatic rings. The van der Waals surface area contributed by atoms with E-state index in [2.05, 4.69) is 6.07 Å². The molecule has 0 aliphatic rings. The average molecular weight is 122 g/mol. The second-order valence-electron chi connectivity index (χ2n) is 1.99. The molecule has 1 nitrogen and oxygen atoms in total. The Bertz CT molecular complexity index is 99.6. The first-order valence-electron chi connectivity index (χ1n) is 3.32. The van der Waals surface area contributed by atoms with Crippen LogP contribution in [0.4, 0.5) is 0 Å². The second kappa shape index (κ2) is 7.23. The maximum Gasteiger partial charge on any atom is 0.0621 e. The first-order valence-corrected chi connectivity index (χ1v) is 3.32. The van der Waals surface area contributed by atoms with E-state index in [0.29, 0.717) is 6.42 Å². The van der Waals surface area contributed by atoms with Gasteiger partial charge < -0.3 is 0 Å². The molecule has 49 valence electrons. The van der Waals surface area contributed by atoms with Crippen LogP contribution >= 0.6 is 0 Å². The van der Waals surface area contributed by atoms with Crippen LogP contribution in [0, 0.1) is 17.9 Å². The van der Waals surface area contributed by atoms with Crippen LogP contribution in [-0.2, 0) is 0 Å². The summed E-state index contributed by atoms with van der Waals surface area (Å²) < 4.78 is 0. The van der Waals surface area contributed by atoms with Gasteiger partial charge in [-0.05, 0) is 19.3 Å². The third-order valence-corrected chi connectivity index (χ3v) is 1.16. The van der Waals surface area contributed by atoms with Crippen LogP contribution in [0.3, 0.4) is 0 Å². The smallest absolute Gasteiger partial charge is 0.0621 e. The number of allylic oxidation sites excluding steroid dienone is 1. The molecule has 9 heavy (non-hydrogen) atoms. The Morgan fingerprint density at radius 2 is 2.11 bits per heavy atom. The Hall–Kier alpha value is -0.770. The summed E-state index contributed by atoms with van der Waals surface area (Å²) in [5.41, 5.74) is 0. The fraction of sp³-hybridized carbons (Fsp3) is 0.625. The molecule has 0 saturated carbocycles. The minimum atomic E-state index is 0.685. The molecular weight excluding hydrogens is 110 g/mol. The van der Waals surface area contributed by atoms with E-state index < -0.39 is 0 Å². The molecule has 0 aliphatic heterocycles. The zero-order valence-corrected chi connectivity index (χ0v) is 5.64. The molecule has 0 atom stereocenters. The summed E-state index contributed by atoms with van der Waals surface area (Å²) >= 11 is 0. The van der Waals surface area contributed by atoms with Gasteiger partial charge in [-0.1, -0.05) is 19.1 Å². The van der Waals surface area contributed by atoms with Gasteiger partial charge in [0, 0.05) is 6.42 Å².